The molecule has 0 aliphatic rings. The first-order valence-electron chi connectivity index (χ1n) is 10.3. The van der Waals surface area contributed by atoms with Crippen LogP contribution in [0.15, 0.2) is 0 Å². The molecule has 0 saturated heterocycles. The highest BCUT2D eigenvalue weighted by Crippen LogP contribution is 2.07. The normalized spacial score (nSPS) is 15.7. The number of carbonyl (C=O) groups is 5. The number of carbonyl (C=O) groups excluding carboxylic acids is 3. The van der Waals surface area contributed by atoms with Crippen molar-refractivity contribution in [1.82, 2.24) is 16.0 Å². The van der Waals surface area contributed by atoms with Crippen LogP contribution in [0.25, 0.3) is 0 Å². The molecule has 13 nitrogen and oxygen atoms in total. The molecule has 0 bridgehead atoms. The molecule has 13 heteroatoms. The van der Waals surface area contributed by atoms with Crippen molar-refractivity contribution in [2.24, 2.45) is 17.4 Å². The van der Waals surface area contributed by atoms with E-state index >= 15 is 0 Å². The Bertz CT molecular complexity index is 670. The third kappa shape index (κ3) is 10.5. The van der Waals surface area contributed by atoms with Gasteiger partial charge in [-0.05, 0) is 38.6 Å². The number of nitrogens with one attached hydrogen (secondary N) is 3. The lowest BCUT2D eigenvalue weighted by atomic mass is 10.0. The molecule has 0 aliphatic heterocycles. The van der Waals surface area contributed by atoms with Crippen LogP contribution in [0.2, 0.25) is 0 Å². The third-order valence-corrected chi connectivity index (χ3v) is 4.60. The number of hydrogen-bond donors (Lipinski definition) is 8. The van der Waals surface area contributed by atoms with Crippen LogP contribution >= 0.6 is 0 Å². The average molecular weight is 462 g/mol. The van der Waals surface area contributed by atoms with E-state index in [9.17, 15) is 29.1 Å². The van der Waals surface area contributed by atoms with Crippen molar-refractivity contribution in [3.8, 4) is 0 Å². The number of hydrogen-bond acceptors (Lipinski definition) is 8. The second-order valence-electron chi connectivity index (χ2n) is 7.85. The molecule has 32 heavy (non-hydrogen) atoms. The summed E-state index contributed by atoms with van der Waals surface area (Å²) in [5, 5.41) is 34.5. The molecule has 3 amide bonds. The number of unbranched alkanes of at least 4 members (excludes halogenated alkanes) is 1. The fraction of sp³-hybridized carbons (Fsp3) is 0.737. The second kappa shape index (κ2) is 14.3. The predicted octanol–water partition coefficient (Wildman–Crippen LogP) is -2.51. The summed E-state index contributed by atoms with van der Waals surface area (Å²) in [7, 11) is 0. The van der Waals surface area contributed by atoms with E-state index in [-0.39, 0.29) is 6.42 Å². The zero-order chi connectivity index (χ0) is 25.0. The summed E-state index contributed by atoms with van der Waals surface area (Å²) >= 11 is 0. The van der Waals surface area contributed by atoms with E-state index < -0.39 is 72.3 Å². The maximum absolute atomic E-state index is 12.8. The number of rotatable bonds is 15. The first-order valence-corrected chi connectivity index (χ1v) is 10.3. The first kappa shape index (κ1) is 29.2. The molecule has 10 N–H and O–H groups in total. The molecular weight excluding hydrogens is 426 g/mol. The van der Waals surface area contributed by atoms with E-state index in [1.807, 2.05) is 0 Å². The fourth-order valence-electron chi connectivity index (χ4n) is 2.74. The molecule has 0 rings (SSSR count). The summed E-state index contributed by atoms with van der Waals surface area (Å²) in [6, 6.07) is -5.22. The third-order valence-electron chi connectivity index (χ3n) is 4.60. The van der Waals surface area contributed by atoms with Gasteiger partial charge in [0.1, 0.15) is 12.1 Å². The van der Waals surface area contributed by atoms with Gasteiger partial charge in [0.2, 0.25) is 17.7 Å². The van der Waals surface area contributed by atoms with Crippen LogP contribution in [0, 0.1) is 5.92 Å². The van der Waals surface area contributed by atoms with Gasteiger partial charge >= 0.3 is 11.9 Å². The van der Waals surface area contributed by atoms with E-state index in [1.165, 1.54) is 6.92 Å². The molecule has 5 atom stereocenters. The van der Waals surface area contributed by atoms with Crippen molar-refractivity contribution in [2.45, 2.75) is 76.7 Å². The van der Waals surface area contributed by atoms with Crippen LogP contribution in [0.4, 0.5) is 0 Å². The summed E-state index contributed by atoms with van der Waals surface area (Å²) < 4.78 is 0. The molecule has 0 aromatic rings. The van der Waals surface area contributed by atoms with Gasteiger partial charge in [-0.2, -0.15) is 0 Å². The summed E-state index contributed by atoms with van der Waals surface area (Å²) in [6.45, 7) is 4.79. The Hall–Kier alpha value is -2.77. The summed E-state index contributed by atoms with van der Waals surface area (Å²) in [5.41, 5.74) is 11.0. The van der Waals surface area contributed by atoms with Crippen molar-refractivity contribution < 1.29 is 39.3 Å². The minimum absolute atomic E-state index is 0.159. The Morgan fingerprint density at radius 2 is 1.41 bits per heavy atom. The van der Waals surface area contributed by atoms with Gasteiger partial charge in [-0.15, -0.1) is 0 Å². The number of aliphatic hydroxyl groups excluding tert-OH is 1. The van der Waals surface area contributed by atoms with Crippen LogP contribution in [0.5, 0.6) is 0 Å². The van der Waals surface area contributed by atoms with E-state index in [4.69, 9.17) is 21.7 Å². The minimum Gasteiger partial charge on any atom is -0.481 e. The summed E-state index contributed by atoms with van der Waals surface area (Å²) in [5.74, 6) is -5.57. The number of carboxylic acid groups (broad SMARTS) is 2. The van der Waals surface area contributed by atoms with Gasteiger partial charge in [0.25, 0.3) is 0 Å². The van der Waals surface area contributed by atoms with Crippen LogP contribution in [-0.2, 0) is 24.0 Å². The van der Waals surface area contributed by atoms with E-state index in [1.54, 1.807) is 13.8 Å². The molecular formula is C19H35N5O8. The molecule has 0 aliphatic carbocycles. The fourth-order valence-corrected chi connectivity index (χ4v) is 2.74. The highest BCUT2D eigenvalue weighted by molar-refractivity contribution is 5.94. The van der Waals surface area contributed by atoms with Gasteiger partial charge in [-0.25, -0.2) is 4.79 Å². The quantitative estimate of drug-likeness (QED) is 0.119. The van der Waals surface area contributed by atoms with Crippen molar-refractivity contribution >= 4 is 29.7 Å². The molecule has 0 fully saturated rings. The number of carboxylic acids is 2. The van der Waals surface area contributed by atoms with Crippen molar-refractivity contribution in [2.75, 3.05) is 6.54 Å². The molecule has 0 heterocycles. The van der Waals surface area contributed by atoms with Gasteiger partial charge in [-0.3, -0.25) is 19.2 Å². The standard InChI is InChI=1S/C19H35N5O8/c1-9(2)14(18(30)24-15(10(3)25)19(31)32)23-17(29)12(6-4-5-7-20)22-16(28)11(21)8-13(26)27/h9-12,14-15,25H,4-8,20-21H2,1-3H3,(H,22,28)(H,23,29)(H,24,30)(H,26,27)(H,31,32). The van der Waals surface area contributed by atoms with Gasteiger partial charge in [0.15, 0.2) is 6.04 Å². The smallest absolute Gasteiger partial charge is 0.328 e. The van der Waals surface area contributed by atoms with Crippen molar-refractivity contribution in [3.63, 3.8) is 0 Å². The zero-order valence-corrected chi connectivity index (χ0v) is 18.5. The summed E-state index contributed by atoms with van der Waals surface area (Å²) in [6.07, 6.45) is -0.824. The Labute approximate surface area is 186 Å². The minimum atomic E-state index is -1.57. The van der Waals surface area contributed by atoms with Crippen LogP contribution in [0.1, 0.15) is 46.5 Å². The monoisotopic (exact) mass is 461 g/mol. The van der Waals surface area contributed by atoms with Crippen LogP contribution < -0.4 is 27.4 Å². The summed E-state index contributed by atoms with van der Waals surface area (Å²) in [4.78, 5) is 59.6. The number of aliphatic carboxylic acids is 2. The van der Waals surface area contributed by atoms with Gasteiger partial charge in [0.05, 0.1) is 18.6 Å². The number of amides is 3. The van der Waals surface area contributed by atoms with Crippen LogP contribution in [0.3, 0.4) is 0 Å². The van der Waals surface area contributed by atoms with Crippen molar-refractivity contribution in [1.29, 1.82) is 0 Å². The average Bonchev–Trinajstić information content (AvgIpc) is 2.67. The Morgan fingerprint density at radius 1 is 0.844 bits per heavy atom. The van der Waals surface area contributed by atoms with Crippen LogP contribution in [-0.4, -0.2) is 81.8 Å². The largest absolute Gasteiger partial charge is 0.481 e. The van der Waals surface area contributed by atoms with Gasteiger partial charge in [-0.1, -0.05) is 13.8 Å². The number of aliphatic hydroxyl groups is 1. The molecule has 184 valence electrons. The molecule has 0 spiro atoms. The number of nitrogens with two attached hydrogens (primary N) is 2. The van der Waals surface area contributed by atoms with Crippen molar-refractivity contribution in [3.05, 3.63) is 0 Å². The molecule has 0 aromatic heterocycles. The lowest BCUT2D eigenvalue weighted by Crippen LogP contribution is -2.59. The maximum Gasteiger partial charge on any atom is 0.328 e. The van der Waals surface area contributed by atoms with E-state index in [2.05, 4.69) is 16.0 Å². The highest BCUT2D eigenvalue weighted by Gasteiger charge is 2.33. The molecule has 0 radical (unpaired) electrons. The lowest BCUT2D eigenvalue weighted by Gasteiger charge is -2.27. The lowest BCUT2D eigenvalue weighted by molar-refractivity contribution is -0.145. The predicted molar refractivity (Wildman–Crippen MR) is 113 cm³/mol. The topological polar surface area (TPSA) is 234 Å². The Balaban J connectivity index is 5.43. The molecule has 5 unspecified atom stereocenters. The van der Waals surface area contributed by atoms with Gasteiger partial charge < -0.3 is 42.7 Å². The zero-order valence-electron chi connectivity index (χ0n) is 18.5. The Kier molecular flexibility index (Phi) is 13.1. The Morgan fingerprint density at radius 3 is 1.84 bits per heavy atom. The van der Waals surface area contributed by atoms with E-state index in [0.29, 0.717) is 19.4 Å². The first-order chi connectivity index (χ1) is 14.8. The highest BCUT2D eigenvalue weighted by atomic mass is 16.4. The van der Waals surface area contributed by atoms with Gasteiger partial charge in [0, 0.05) is 0 Å². The van der Waals surface area contributed by atoms with E-state index in [0.717, 1.165) is 0 Å². The SMILES string of the molecule is CC(C)C(NC(=O)C(CCCCN)NC(=O)C(N)CC(=O)O)C(=O)NC(C(=O)O)C(C)O. The molecule has 0 aromatic carbocycles. The maximum atomic E-state index is 12.8. The molecule has 0 saturated carbocycles. The second-order valence-corrected chi connectivity index (χ2v) is 7.85.